The minimum Gasteiger partial charge on any atom is -0.489 e. The Morgan fingerprint density at radius 1 is 0.897 bits per heavy atom. The summed E-state index contributed by atoms with van der Waals surface area (Å²) in [4.78, 5) is 2.74. The molecule has 1 heterocycles. The molecule has 0 radical (unpaired) electrons. The summed E-state index contributed by atoms with van der Waals surface area (Å²) in [6, 6.07) is 19.1. The molecule has 3 heteroatoms. The quantitative estimate of drug-likeness (QED) is 0.643. The predicted molar refractivity (Wildman–Crippen MR) is 116 cm³/mol. The summed E-state index contributed by atoms with van der Waals surface area (Å²) in [6.07, 6.45) is 6.77. The molecule has 3 aliphatic rings. The number of hydrogen-bond donors (Lipinski definition) is 0. The van der Waals surface area contributed by atoms with Gasteiger partial charge in [-0.25, -0.2) is 0 Å². The molecule has 3 nitrogen and oxygen atoms in total. The number of rotatable bonds is 7. The van der Waals surface area contributed by atoms with Gasteiger partial charge in [0.05, 0.1) is 0 Å². The van der Waals surface area contributed by atoms with Gasteiger partial charge in [-0.2, -0.15) is 0 Å². The molecule has 0 N–H and O–H groups in total. The highest BCUT2D eigenvalue weighted by atomic mass is 16.5. The molecule has 1 aliphatic heterocycles. The molecule has 0 spiro atoms. The average Bonchev–Trinajstić information content (AvgIpc) is 3.57. The normalized spacial score (nSPS) is 29.6. The zero-order chi connectivity index (χ0) is 19.7. The topological polar surface area (TPSA) is 21.7 Å². The Balaban J connectivity index is 1.32. The fraction of sp³-hybridized carbons (Fsp3) is 0.538. The lowest BCUT2D eigenvalue weighted by atomic mass is 9.62. The largest absolute Gasteiger partial charge is 0.489 e. The van der Waals surface area contributed by atoms with Crippen LogP contribution in [0.3, 0.4) is 0 Å². The van der Waals surface area contributed by atoms with Gasteiger partial charge >= 0.3 is 0 Å². The summed E-state index contributed by atoms with van der Waals surface area (Å²) in [7, 11) is 1.93. The monoisotopic (exact) mass is 391 g/mol. The first-order valence-corrected chi connectivity index (χ1v) is 11.3. The van der Waals surface area contributed by atoms with E-state index in [0.717, 1.165) is 11.7 Å². The molecular weight excluding hydrogens is 358 g/mol. The summed E-state index contributed by atoms with van der Waals surface area (Å²) in [5.74, 6) is 3.08. The van der Waals surface area contributed by atoms with Gasteiger partial charge in [0.25, 0.3) is 0 Å². The molecule has 2 aromatic carbocycles. The first-order chi connectivity index (χ1) is 14.3. The van der Waals surface area contributed by atoms with Crippen molar-refractivity contribution in [1.82, 2.24) is 4.90 Å². The van der Waals surface area contributed by atoms with Crippen LogP contribution in [0.2, 0.25) is 0 Å². The maximum absolute atomic E-state index is 6.40. The number of nitrogens with zero attached hydrogens (tertiary/aromatic N) is 1. The van der Waals surface area contributed by atoms with E-state index in [0.29, 0.717) is 18.4 Å². The number of fused-ring (bicyclic) bond motifs is 2. The van der Waals surface area contributed by atoms with Gasteiger partial charge in [0.2, 0.25) is 0 Å². The summed E-state index contributed by atoms with van der Waals surface area (Å²) in [6.45, 7) is 4.29. The van der Waals surface area contributed by atoms with E-state index in [9.17, 15) is 0 Å². The smallest absolute Gasteiger partial charge is 0.119 e. The Morgan fingerprint density at radius 3 is 2.21 bits per heavy atom. The van der Waals surface area contributed by atoms with E-state index in [1.807, 2.05) is 13.2 Å². The van der Waals surface area contributed by atoms with Gasteiger partial charge in [-0.05, 0) is 54.9 Å². The second-order valence-electron chi connectivity index (χ2n) is 9.28. The maximum Gasteiger partial charge on any atom is 0.119 e. The lowest BCUT2D eigenvalue weighted by Gasteiger charge is -2.55. The van der Waals surface area contributed by atoms with Crippen LogP contribution in [0.1, 0.15) is 43.2 Å². The van der Waals surface area contributed by atoms with E-state index in [4.69, 9.17) is 9.47 Å². The van der Waals surface area contributed by atoms with Crippen molar-refractivity contribution < 1.29 is 9.47 Å². The van der Waals surface area contributed by atoms with Crippen LogP contribution in [-0.4, -0.2) is 31.6 Å². The van der Waals surface area contributed by atoms with Crippen LogP contribution < -0.4 is 4.74 Å². The third kappa shape index (κ3) is 3.83. The van der Waals surface area contributed by atoms with Gasteiger partial charge in [0.1, 0.15) is 18.0 Å². The van der Waals surface area contributed by atoms with Gasteiger partial charge in [-0.15, -0.1) is 0 Å². The van der Waals surface area contributed by atoms with Crippen molar-refractivity contribution in [3.8, 4) is 5.75 Å². The molecule has 2 bridgehead atoms. The van der Waals surface area contributed by atoms with Crippen LogP contribution >= 0.6 is 0 Å². The van der Waals surface area contributed by atoms with E-state index < -0.39 is 0 Å². The van der Waals surface area contributed by atoms with Crippen molar-refractivity contribution in [1.29, 1.82) is 0 Å². The molecule has 2 saturated carbocycles. The third-order valence-electron chi connectivity index (χ3n) is 7.38. The summed E-state index contributed by atoms with van der Waals surface area (Å²) < 4.78 is 12.4. The van der Waals surface area contributed by atoms with Crippen LogP contribution in [0, 0.1) is 17.8 Å². The van der Waals surface area contributed by atoms with Gasteiger partial charge in [0.15, 0.2) is 0 Å². The second-order valence-corrected chi connectivity index (χ2v) is 9.28. The zero-order valence-electron chi connectivity index (χ0n) is 17.6. The first-order valence-electron chi connectivity index (χ1n) is 11.3. The fourth-order valence-corrected chi connectivity index (χ4v) is 5.81. The third-order valence-corrected chi connectivity index (χ3v) is 7.38. The fourth-order valence-electron chi connectivity index (χ4n) is 5.81. The van der Waals surface area contributed by atoms with Gasteiger partial charge in [-0.1, -0.05) is 48.9 Å². The maximum atomic E-state index is 6.40. The summed E-state index contributed by atoms with van der Waals surface area (Å²) in [5, 5.41) is 0. The molecule has 2 aliphatic carbocycles. The second kappa shape index (κ2) is 8.12. The standard InChI is InChI=1S/C26H33NO2/c1-28-26(23-8-5-9-24(26)18-27(17-23)16-20-10-11-20)22-12-14-25(15-13-22)29-19-21-6-3-2-4-7-21/h2-4,6-7,12-15,20,23-24H,5,8-11,16-19H2,1H3. The first kappa shape index (κ1) is 19.1. The zero-order valence-corrected chi connectivity index (χ0v) is 17.6. The van der Waals surface area contributed by atoms with Crippen LogP contribution in [0.25, 0.3) is 0 Å². The number of piperidine rings is 1. The lowest BCUT2D eigenvalue weighted by Crippen LogP contribution is -2.59. The van der Waals surface area contributed by atoms with Crippen molar-refractivity contribution in [3.05, 3.63) is 65.7 Å². The summed E-state index contributed by atoms with van der Waals surface area (Å²) >= 11 is 0. The highest BCUT2D eigenvalue weighted by Gasteiger charge is 2.53. The molecule has 0 aromatic heterocycles. The van der Waals surface area contributed by atoms with Crippen molar-refractivity contribution in [2.75, 3.05) is 26.7 Å². The molecule has 2 unspecified atom stereocenters. The van der Waals surface area contributed by atoms with Gasteiger partial charge < -0.3 is 14.4 Å². The molecule has 29 heavy (non-hydrogen) atoms. The number of methoxy groups -OCH3 is 1. The van der Waals surface area contributed by atoms with Crippen molar-refractivity contribution >= 4 is 0 Å². The lowest BCUT2D eigenvalue weighted by molar-refractivity contribution is -0.169. The van der Waals surface area contributed by atoms with E-state index in [1.54, 1.807) is 0 Å². The van der Waals surface area contributed by atoms with Gasteiger partial charge in [0, 0.05) is 38.6 Å². The van der Waals surface area contributed by atoms with Crippen LogP contribution in [0.5, 0.6) is 5.75 Å². The van der Waals surface area contributed by atoms with Crippen molar-refractivity contribution in [2.45, 2.75) is 44.3 Å². The van der Waals surface area contributed by atoms with E-state index in [2.05, 4.69) is 53.4 Å². The van der Waals surface area contributed by atoms with Crippen LogP contribution in [-0.2, 0) is 16.9 Å². The average molecular weight is 392 g/mol. The molecule has 154 valence electrons. The Labute approximate surface area is 175 Å². The number of likely N-dealkylation sites (tertiary alicyclic amines) is 1. The predicted octanol–water partition coefficient (Wildman–Crippen LogP) is 5.25. The number of benzene rings is 2. The molecule has 5 rings (SSSR count). The SMILES string of the molecule is COC1(c2ccc(OCc3ccccc3)cc2)C2CCCC1CN(CC1CC1)C2. The number of hydrogen-bond acceptors (Lipinski definition) is 3. The number of ether oxygens (including phenoxy) is 2. The van der Waals surface area contributed by atoms with Gasteiger partial charge in [-0.3, -0.25) is 0 Å². The Hall–Kier alpha value is -1.84. The minimum absolute atomic E-state index is 0.129. The van der Waals surface area contributed by atoms with Crippen LogP contribution in [0.4, 0.5) is 0 Å². The molecule has 3 fully saturated rings. The van der Waals surface area contributed by atoms with E-state index in [-0.39, 0.29) is 5.60 Å². The molecule has 2 aromatic rings. The molecule has 1 saturated heterocycles. The van der Waals surface area contributed by atoms with Crippen LogP contribution in [0.15, 0.2) is 54.6 Å². The Morgan fingerprint density at radius 2 is 1.59 bits per heavy atom. The van der Waals surface area contributed by atoms with Crippen molar-refractivity contribution in [2.24, 2.45) is 17.8 Å². The van der Waals surface area contributed by atoms with Crippen molar-refractivity contribution in [3.63, 3.8) is 0 Å². The Bertz CT molecular complexity index is 785. The molecule has 0 amide bonds. The highest BCUT2D eigenvalue weighted by Crippen LogP contribution is 2.52. The van der Waals surface area contributed by atoms with E-state index in [1.165, 1.54) is 62.9 Å². The summed E-state index contributed by atoms with van der Waals surface area (Å²) in [5.41, 5.74) is 2.41. The minimum atomic E-state index is -0.129. The Kier molecular flexibility index (Phi) is 5.36. The highest BCUT2D eigenvalue weighted by molar-refractivity contribution is 5.34. The molecular formula is C26H33NO2. The van der Waals surface area contributed by atoms with E-state index >= 15 is 0 Å². The molecule has 2 atom stereocenters.